The van der Waals surface area contributed by atoms with E-state index < -0.39 is 0 Å². The van der Waals surface area contributed by atoms with Crippen LogP contribution in [0.25, 0.3) is 11.4 Å². The molecule has 0 saturated heterocycles. The Kier molecular flexibility index (Phi) is 5.25. The maximum Gasteiger partial charge on any atom is 0.321 e. The molecule has 0 radical (unpaired) electrons. The van der Waals surface area contributed by atoms with E-state index in [4.69, 9.17) is 9.47 Å². The number of hydrogen-bond acceptors (Lipinski definition) is 7. The molecule has 0 unspecified atom stereocenters. The van der Waals surface area contributed by atoms with Crippen LogP contribution in [-0.4, -0.2) is 40.2 Å². The summed E-state index contributed by atoms with van der Waals surface area (Å²) in [5, 5.41) is 3.14. The molecule has 2 aromatic rings. The van der Waals surface area contributed by atoms with Gasteiger partial charge in [-0.2, -0.15) is 15.0 Å². The fourth-order valence-corrected chi connectivity index (χ4v) is 1.65. The summed E-state index contributed by atoms with van der Waals surface area (Å²) in [5.74, 6) is 1.64. The van der Waals surface area contributed by atoms with E-state index in [9.17, 15) is 0 Å². The van der Waals surface area contributed by atoms with E-state index in [1.807, 2.05) is 13.0 Å². The van der Waals surface area contributed by atoms with Crippen LogP contribution in [0.5, 0.6) is 11.8 Å². The van der Waals surface area contributed by atoms with Gasteiger partial charge in [-0.15, -0.1) is 0 Å². The Morgan fingerprint density at radius 3 is 2.71 bits per heavy atom. The van der Waals surface area contributed by atoms with Crippen LogP contribution in [0.1, 0.15) is 20.3 Å². The first-order valence-electron chi connectivity index (χ1n) is 6.89. The number of ether oxygens (including phenoxy) is 2. The molecule has 0 aliphatic rings. The lowest BCUT2D eigenvalue weighted by molar-refractivity contribution is 0.312. The van der Waals surface area contributed by atoms with Crippen molar-refractivity contribution < 1.29 is 9.47 Å². The quantitative estimate of drug-likeness (QED) is 0.836. The summed E-state index contributed by atoms with van der Waals surface area (Å²) >= 11 is 0. The summed E-state index contributed by atoms with van der Waals surface area (Å²) < 4.78 is 10.6. The predicted octanol–water partition coefficient (Wildman–Crippen LogP) is 2.16. The van der Waals surface area contributed by atoms with Gasteiger partial charge < -0.3 is 14.8 Å². The van der Waals surface area contributed by atoms with Crippen LogP contribution in [0, 0.1) is 0 Å². The van der Waals surface area contributed by atoms with Crippen molar-refractivity contribution >= 4 is 5.95 Å². The molecule has 0 fully saturated rings. The number of aromatic nitrogens is 4. The first-order valence-corrected chi connectivity index (χ1v) is 6.89. The molecule has 0 aliphatic carbocycles. The van der Waals surface area contributed by atoms with Gasteiger partial charge in [0.15, 0.2) is 5.82 Å². The second-order valence-corrected chi connectivity index (χ2v) is 4.24. The largest absolute Gasteiger partial charge is 0.495 e. The van der Waals surface area contributed by atoms with Gasteiger partial charge in [0.2, 0.25) is 5.95 Å². The number of nitrogens with one attached hydrogen (secondary N) is 1. The average Bonchev–Trinajstić information content (AvgIpc) is 2.53. The number of hydrogen-bond donors (Lipinski definition) is 1. The summed E-state index contributed by atoms with van der Waals surface area (Å²) in [6.07, 6.45) is 4.28. The number of nitrogens with zero attached hydrogens (tertiary/aromatic N) is 4. The Hall–Kier alpha value is -2.44. The minimum atomic E-state index is 0.295. The van der Waals surface area contributed by atoms with Crippen molar-refractivity contribution in [2.24, 2.45) is 0 Å². The van der Waals surface area contributed by atoms with Gasteiger partial charge >= 0.3 is 6.01 Å². The first-order chi connectivity index (χ1) is 10.3. The number of pyridine rings is 1. The van der Waals surface area contributed by atoms with E-state index in [-0.39, 0.29) is 0 Å². The zero-order chi connectivity index (χ0) is 15.1. The average molecular weight is 289 g/mol. The highest BCUT2D eigenvalue weighted by molar-refractivity contribution is 5.57. The molecule has 2 heterocycles. The molecule has 0 spiro atoms. The molecule has 0 saturated carbocycles. The van der Waals surface area contributed by atoms with Crippen molar-refractivity contribution in [3.8, 4) is 23.1 Å². The SMILES string of the molecule is CCCNc1nc(OCC)nc(-c2cncc(OC)c2)n1. The Labute approximate surface area is 123 Å². The fourth-order valence-electron chi connectivity index (χ4n) is 1.65. The van der Waals surface area contributed by atoms with Gasteiger partial charge in [-0.25, -0.2) is 0 Å². The van der Waals surface area contributed by atoms with Gasteiger partial charge in [0.1, 0.15) is 5.75 Å². The Morgan fingerprint density at radius 1 is 1.14 bits per heavy atom. The highest BCUT2D eigenvalue weighted by atomic mass is 16.5. The Balaban J connectivity index is 2.37. The summed E-state index contributed by atoms with van der Waals surface area (Å²) in [5.41, 5.74) is 0.747. The highest BCUT2D eigenvalue weighted by Gasteiger charge is 2.10. The summed E-state index contributed by atoms with van der Waals surface area (Å²) in [7, 11) is 1.59. The standard InChI is InChI=1S/C14H19N5O2/c1-4-6-16-13-17-12(18-14(19-13)21-5-2)10-7-11(20-3)9-15-8-10/h7-9H,4-6H2,1-3H3,(H,16,17,18,19). The number of rotatable bonds is 7. The van der Waals surface area contributed by atoms with E-state index in [0.29, 0.717) is 30.1 Å². The van der Waals surface area contributed by atoms with E-state index in [0.717, 1.165) is 18.5 Å². The Bertz CT molecular complexity index is 591. The summed E-state index contributed by atoms with van der Waals surface area (Å²) in [6.45, 7) is 5.23. The van der Waals surface area contributed by atoms with E-state index >= 15 is 0 Å². The van der Waals surface area contributed by atoms with Crippen LogP contribution in [0.2, 0.25) is 0 Å². The van der Waals surface area contributed by atoms with Gasteiger partial charge in [0.05, 0.1) is 19.9 Å². The van der Waals surface area contributed by atoms with Crippen LogP contribution >= 0.6 is 0 Å². The van der Waals surface area contributed by atoms with Gasteiger partial charge in [-0.05, 0) is 19.4 Å². The lowest BCUT2D eigenvalue weighted by Gasteiger charge is -2.09. The predicted molar refractivity (Wildman–Crippen MR) is 79.6 cm³/mol. The van der Waals surface area contributed by atoms with Gasteiger partial charge in [0, 0.05) is 18.3 Å². The third-order valence-corrected chi connectivity index (χ3v) is 2.63. The fraction of sp³-hybridized carbons (Fsp3) is 0.429. The minimum Gasteiger partial charge on any atom is -0.495 e. The van der Waals surface area contributed by atoms with Crippen molar-refractivity contribution in [3.63, 3.8) is 0 Å². The minimum absolute atomic E-state index is 0.295. The molecule has 21 heavy (non-hydrogen) atoms. The highest BCUT2D eigenvalue weighted by Crippen LogP contribution is 2.21. The summed E-state index contributed by atoms with van der Waals surface area (Å²) in [6, 6.07) is 2.12. The zero-order valence-corrected chi connectivity index (χ0v) is 12.5. The summed E-state index contributed by atoms with van der Waals surface area (Å²) in [4.78, 5) is 17.0. The van der Waals surface area contributed by atoms with Crippen LogP contribution in [0.4, 0.5) is 5.95 Å². The van der Waals surface area contributed by atoms with E-state index in [1.165, 1.54) is 0 Å². The second kappa shape index (κ2) is 7.37. The van der Waals surface area contributed by atoms with E-state index in [1.54, 1.807) is 19.5 Å². The van der Waals surface area contributed by atoms with E-state index in [2.05, 4.69) is 32.2 Å². The van der Waals surface area contributed by atoms with Crippen molar-refractivity contribution in [1.29, 1.82) is 0 Å². The van der Waals surface area contributed by atoms with Gasteiger partial charge in [-0.3, -0.25) is 4.98 Å². The topological polar surface area (TPSA) is 82.1 Å². The van der Waals surface area contributed by atoms with Crippen molar-refractivity contribution in [2.75, 3.05) is 25.6 Å². The van der Waals surface area contributed by atoms with Crippen molar-refractivity contribution in [3.05, 3.63) is 18.5 Å². The van der Waals surface area contributed by atoms with Crippen LogP contribution in [-0.2, 0) is 0 Å². The molecule has 7 nitrogen and oxygen atoms in total. The molecular weight excluding hydrogens is 270 g/mol. The third kappa shape index (κ3) is 4.01. The molecule has 7 heteroatoms. The maximum atomic E-state index is 5.39. The monoisotopic (exact) mass is 289 g/mol. The lowest BCUT2D eigenvalue weighted by atomic mass is 10.2. The first kappa shape index (κ1) is 15.0. The van der Waals surface area contributed by atoms with Crippen molar-refractivity contribution in [1.82, 2.24) is 19.9 Å². The van der Waals surface area contributed by atoms with Crippen LogP contribution in [0.15, 0.2) is 18.5 Å². The maximum absolute atomic E-state index is 5.39. The molecule has 2 aromatic heterocycles. The lowest BCUT2D eigenvalue weighted by Crippen LogP contribution is -2.08. The van der Waals surface area contributed by atoms with Crippen molar-refractivity contribution in [2.45, 2.75) is 20.3 Å². The molecule has 0 bridgehead atoms. The number of methoxy groups -OCH3 is 1. The molecule has 1 N–H and O–H groups in total. The second-order valence-electron chi connectivity index (χ2n) is 4.24. The normalized spacial score (nSPS) is 10.2. The molecule has 112 valence electrons. The zero-order valence-electron chi connectivity index (χ0n) is 12.5. The third-order valence-electron chi connectivity index (χ3n) is 2.63. The molecule has 2 rings (SSSR count). The Morgan fingerprint density at radius 2 is 2.00 bits per heavy atom. The number of anilines is 1. The molecule has 0 amide bonds. The smallest absolute Gasteiger partial charge is 0.321 e. The van der Waals surface area contributed by atoms with Crippen LogP contribution in [0.3, 0.4) is 0 Å². The van der Waals surface area contributed by atoms with Gasteiger partial charge in [-0.1, -0.05) is 6.92 Å². The molecule has 0 atom stereocenters. The molecule has 0 aliphatic heterocycles. The van der Waals surface area contributed by atoms with Crippen LogP contribution < -0.4 is 14.8 Å². The molecular formula is C14H19N5O2. The van der Waals surface area contributed by atoms with Gasteiger partial charge in [0.25, 0.3) is 0 Å². The molecule has 0 aromatic carbocycles.